The van der Waals surface area contributed by atoms with Crippen LogP contribution in [0.15, 0.2) is 0 Å². The highest BCUT2D eigenvalue weighted by Gasteiger charge is 2.33. The van der Waals surface area contributed by atoms with Crippen LogP contribution < -0.4 is 0 Å². The van der Waals surface area contributed by atoms with Crippen LogP contribution in [0.25, 0.3) is 0 Å². The van der Waals surface area contributed by atoms with Gasteiger partial charge < -0.3 is 4.74 Å². The van der Waals surface area contributed by atoms with Crippen molar-refractivity contribution in [2.24, 2.45) is 0 Å². The molecule has 0 atom stereocenters. The first-order chi connectivity index (χ1) is 5.08. The topological polar surface area (TPSA) is 29.5 Å². The van der Waals surface area contributed by atoms with E-state index in [0.717, 1.165) is 13.0 Å². The molecular formula is C8H15NO2. The van der Waals surface area contributed by atoms with Crippen molar-refractivity contribution in [3.8, 4) is 0 Å². The van der Waals surface area contributed by atoms with E-state index in [1.165, 1.54) is 0 Å². The van der Waals surface area contributed by atoms with Crippen molar-refractivity contribution >= 4 is 6.09 Å². The van der Waals surface area contributed by atoms with Crippen LogP contribution in [0.3, 0.4) is 0 Å². The summed E-state index contributed by atoms with van der Waals surface area (Å²) in [5.41, 5.74) is -0.0480. The van der Waals surface area contributed by atoms with Gasteiger partial charge in [0, 0.05) is 5.54 Å². The maximum atomic E-state index is 11.1. The monoisotopic (exact) mass is 157 g/mol. The van der Waals surface area contributed by atoms with E-state index in [9.17, 15) is 4.79 Å². The number of hydrogen-bond donors (Lipinski definition) is 0. The normalized spacial score (nSPS) is 18.8. The van der Waals surface area contributed by atoms with Crippen molar-refractivity contribution in [2.75, 3.05) is 13.2 Å². The van der Waals surface area contributed by atoms with Crippen LogP contribution >= 0.6 is 0 Å². The number of ether oxygens (including phenoxy) is 1. The Morgan fingerprint density at radius 2 is 2.27 bits per heavy atom. The molecule has 1 rings (SSSR count). The summed E-state index contributed by atoms with van der Waals surface area (Å²) in [6.07, 6.45) is 0.791. The van der Waals surface area contributed by atoms with Gasteiger partial charge in [-0.15, -0.1) is 0 Å². The van der Waals surface area contributed by atoms with Crippen LogP contribution in [0.1, 0.15) is 27.2 Å². The lowest BCUT2D eigenvalue weighted by Crippen LogP contribution is -2.43. The number of cyclic esters (lactones) is 1. The van der Waals surface area contributed by atoms with Crippen LogP contribution in [-0.2, 0) is 4.74 Å². The molecule has 1 aliphatic rings. The molecule has 11 heavy (non-hydrogen) atoms. The second-order valence-electron chi connectivity index (χ2n) is 3.43. The standard InChI is InChI=1S/C8H15NO2/c1-4-8(2,3)9-5-6-11-7(9)10/h4-6H2,1-3H3. The van der Waals surface area contributed by atoms with E-state index in [1.54, 1.807) is 4.90 Å². The van der Waals surface area contributed by atoms with E-state index in [1.807, 2.05) is 0 Å². The SMILES string of the molecule is CCC(C)(C)N1CCOC1=O. The lowest BCUT2D eigenvalue weighted by molar-refractivity contribution is 0.124. The van der Waals surface area contributed by atoms with Gasteiger partial charge in [-0.3, -0.25) is 4.90 Å². The van der Waals surface area contributed by atoms with Crippen molar-refractivity contribution in [1.29, 1.82) is 0 Å². The molecule has 0 aromatic carbocycles. The summed E-state index contributed by atoms with van der Waals surface area (Å²) in [5, 5.41) is 0. The fourth-order valence-corrected chi connectivity index (χ4v) is 1.13. The molecule has 64 valence electrons. The molecule has 1 saturated heterocycles. The zero-order valence-corrected chi connectivity index (χ0v) is 7.39. The molecule has 0 aromatic heterocycles. The molecule has 1 aliphatic heterocycles. The van der Waals surface area contributed by atoms with Gasteiger partial charge in [0.05, 0.1) is 6.54 Å². The fourth-order valence-electron chi connectivity index (χ4n) is 1.13. The van der Waals surface area contributed by atoms with Gasteiger partial charge in [-0.1, -0.05) is 6.92 Å². The molecule has 0 bridgehead atoms. The molecule has 1 heterocycles. The van der Waals surface area contributed by atoms with E-state index in [2.05, 4.69) is 20.8 Å². The Hall–Kier alpha value is -0.730. The average molecular weight is 157 g/mol. The average Bonchev–Trinajstić information content (AvgIpc) is 2.36. The van der Waals surface area contributed by atoms with E-state index >= 15 is 0 Å². The van der Waals surface area contributed by atoms with Crippen molar-refractivity contribution in [3.63, 3.8) is 0 Å². The first kappa shape index (κ1) is 8.37. The van der Waals surface area contributed by atoms with Gasteiger partial charge in [-0.2, -0.15) is 0 Å². The highest BCUT2D eigenvalue weighted by Crippen LogP contribution is 2.21. The number of hydrogen-bond acceptors (Lipinski definition) is 2. The van der Waals surface area contributed by atoms with E-state index in [0.29, 0.717) is 6.61 Å². The van der Waals surface area contributed by atoms with Gasteiger partial charge in [0.2, 0.25) is 0 Å². The molecule has 0 radical (unpaired) electrons. The second kappa shape index (κ2) is 2.72. The molecule has 0 spiro atoms. The predicted molar refractivity (Wildman–Crippen MR) is 42.4 cm³/mol. The summed E-state index contributed by atoms with van der Waals surface area (Å²) >= 11 is 0. The maximum Gasteiger partial charge on any atom is 0.410 e. The highest BCUT2D eigenvalue weighted by molar-refractivity contribution is 5.70. The van der Waals surface area contributed by atoms with Crippen LogP contribution in [-0.4, -0.2) is 29.7 Å². The van der Waals surface area contributed by atoms with E-state index < -0.39 is 0 Å². The van der Waals surface area contributed by atoms with Gasteiger partial charge in [-0.05, 0) is 20.3 Å². The molecule has 1 fully saturated rings. The van der Waals surface area contributed by atoms with Crippen LogP contribution in [0.2, 0.25) is 0 Å². The molecule has 3 heteroatoms. The van der Waals surface area contributed by atoms with Gasteiger partial charge in [0.15, 0.2) is 0 Å². The lowest BCUT2D eigenvalue weighted by Gasteiger charge is -2.32. The Morgan fingerprint density at radius 3 is 2.64 bits per heavy atom. The van der Waals surface area contributed by atoms with Gasteiger partial charge >= 0.3 is 6.09 Å². The van der Waals surface area contributed by atoms with Crippen molar-refractivity contribution < 1.29 is 9.53 Å². The third-order valence-electron chi connectivity index (χ3n) is 2.36. The third-order valence-corrected chi connectivity index (χ3v) is 2.36. The minimum atomic E-state index is -0.170. The Labute approximate surface area is 67.3 Å². The lowest BCUT2D eigenvalue weighted by atomic mass is 10.0. The van der Waals surface area contributed by atoms with Gasteiger partial charge in [0.1, 0.15) is 6.61 Å². The van der Waals surface area contributed by atoms with Crippen molar-refractivity contribution in [3.05, 3.63) is 0 Å². The number of carbonyl (C=O) groups excluding carboxylic acids is 1. The molecule has 0 unspecified atom stereocenters. The number of carbonyl (C=O) groups is 1. The number of rotatable bonds is 2. The van der Waals surface area contributed by atoms with Gasteiger partial charge in [-0.25, -0.2) is 4.79 Å². The number of amides is 1. The maximum absolute atomic E-state index is 11.1. The second-order valence-corrected chi connectivity index (χ2v) is 3.43. The fraction of sp³-hybridized carbons (Fsp3) is 0.875. The van der Waals surface area contributed by atoms with Crippen LogP contribution in [0.5, 0.6) is 0 Å². The first-order valence-corrected chi connectivity index (χ1v) is 4.02. The van der Waals surface area contributed by atoms with Gasteiger partial charge in [0.25, 0.3) is 0 Å². The summed E-state index contributed by atoms with van der Waals surface area (Å²) in [5.74, 6) is 0. The molecule has 0 N–H and O–H groups in total. The first-order valence-electron chi connectivity index (χ1n) is 4.02. The smallest absolute Gasteiger partial charge is 0.410 e. The highest BCUT2D eigenvalue weighted by atomic mass is 16.6. The zero-order valence-electron chi connectivity index (χ0n) is 7.39. The largest absolute Gasteiger partial charge is 0.448 e. The Kier molecular flexibility index (Phi) is 2.07. The summed E-state index contributed by atoms with van der Waals surface area (Å²) in [4.78, 5) is 12.9. The third kappa shape index (κ3) is 1.47. The molecule has 0 aliphatic carbocycles. The zero-order chi connectivity index (χ0) is 8.48. The Balaban J connectivity index is 2.65. The van der Waals surface area contributed by atoms with Crippen molar-refractivity contribution in [2.45, 2.75) is 32.7 Å². The number of nitrogens with zero attached hydrogens (tertiary/aromatic N) is 1. The predicted octanol–water partition coefficient (Wildman–Crippen LogP) is 1.63. The molecule has 3 nitrogen and oxygen atoms in total. The molecule has 0 aromatic rings. The summed E-state index contributed by atoms with van der Waals surface area (Å²) in [6, 6.07) is 0. The minimum Gasteiger partial charge on any atom is -0.448 e. The van der Waals surface area contributed by atoms with E-state index in [4.69, 9.17) is 4.74 Å². The Morgan fingerprint density at radius 1 is 1.64 bits per heavy atom. The molecular weight excluding hydrogens is 142 g/mol. The summed E-state index contributed by atoms with van der Waals surface area (Å²) in [6.45, 7) is 7.46. The van der Waals surface area contributed by atoms with Crippen LogP contribution in [0, 0.1) is 0 Å². The van der Waals surface area contributed by atoms with Crippen molar-refractivity contribution in [1.82, 2.24) is 4.90 Å². The summed E-state index contributed by atoms with van der Waals surface area (Å²) in [7, 11) is 0. The summed E-state index contributed by atoms with van der Waals surface area (Å²) < 4.78 is 4.84. The minimum absolute atomic E-state index is 0.0480. The molecule has 0 saturated carbocycles. The van der Waals surface area contributed by atoms with E-state index in [-0.39, 0.29) is 11.6 Å². The van der Waals surface area contributed by atoms with Crippen LogP contribution in [0.4, 0.5) is 4.79 Å². The Bertz CT molecular complexity index is 165. The molecule has 1 amide bonds. The quantitative estimate of drug-likeness (QED) is 0.609.